The largest absolute Gasteiger partial charge is 0.493 e. The van der Waals surface area contributed by atoms with Gasteiger partial charge >= 0.3 is 0 Å². The Bertz CT molecular complexity index is 640. The second-order valence-electron chi connectivity index (χ2n) is 5.41. The van der Waals surface area contributed by atoms with Crippen molar-refractivity contribution >= 4 is 0 Å². The molecular formula is C16H21N3O4. The van der Waals surface area contributed by atoms with Crippen molar-refractivity contribution in [3.63, 3.8) is 0 Å². The Labute approximate surface area is 134 Å². The third kappa shape index (κ3) is 3.10. The summed E-state index contributed by atoms with van der Waals surface area (Å²) in [5.41, 5.74) is 0.762. The number of rotatable bonds is 5. The van der Waals surface area contributed by atoms with Crippen LogP contribution in [-0.2, 0) is 0 Å². The molecule has 0 saturated carbocycles. The van der Waals surface area contributed by atoms with Crippen LogP contribution >= 0.6 is 0 Å². The van der Waals surface area contributed by atoms with Gasteiger partial charge in [-0.25, -0.2) is 0 Å². The molecule has 1 atom stereocenters. The molecule has 1 aromatic carbocycles. The first kappa shape index (κ1) is 15.6. The van der Waals surface area contributed by atoms with Gasteiger partial charge in [-0.05, 0) is 31.5 Å². The van der Waals surface area contributed by atoms with Gasteiger partial charge in [-0.2, -0.15) is 4.98 Å². The van der Waals surface area contributed by atoms with E-state index in [-0.39, 0.29) is 5.92 Å². The summed E-state index contributed by atoms with van der Waals surface area (Å²) < 4.78 is 21.5. The van der Waals surface area contributed by atoms with Crippen molar-refractivity contribution in [3.05, 3.63) is 18.0 Å². The zero-order valence-corrected chi connectivity index (χ0v) is 13.6. The molecule has 7 heteroatoms. The van der Waals surface area contributed by atoms with Gasteiger partial charge in [0.1, 0.15) is 0 Å². The number of methoxy groups -OCH3 is 3. The first-order valence-corrected chi connectivity index (χ1v) is 7.61. The van der Waals surface area contributed by atoms with Crippen molar-refractivity contribution in [1.29, 1.82) is 0 Å². The van der Waals surface area contributed by atoms with Crippen LogP contribution < -0.4 is 19.5 Å². The van der Waals surface area contributed by atoms with Crippen LogP contribution in [0.3, 0.4) is 0 Å². The Morgan fingerprint density at radius 3 is 2.43 bits per heavy atom. The molecule has 3 rings (SSSR count). The maximum absolute atomic E-state index is 5.45. The zero-order chi connectivity index (χ0) is 16.2. The average molecular weight is 319 g/mol. The molecule has 1 aliphatic heterocycles. The van der Waals surface area contributed by atoms with E-state index in [0.717, 1.165) is 31.5 Å². The quantitative estimate of drug-likeness (QED) is 0.905. The van der Waals surface area contributed by atoms with Crippen LogP contribution in [0.2, 0.25) is 0 Å². The van der Waals surface area contributed by atoms with E-state index < -0.39 is 0 Å². The van der Waals surface area contributed by atoms with Crippen LogP contribution in [0.4, 0.5) is 0 Å². The smallest absolute Gasteiger partial charge is 0.231 e. The van der Waals surface area contributed by atoms with Crippen molar-refractivity contribution in [3.8, 4) is 28.6 Å². The molecule has 2 heterocycles. The fourth-order valence-corrected chi connectivity index (χ4v) is 2.79. The summed E-state index contributed by atoms with van der Waals surface area (Å²) in [5.74, 6) is 3.12. The van der Waals surface area contributed by atoms with E-state index in [4.69, 9.17) is 18.7 Å². The lowest BCUT2D eigenvalue weighted by Crippen LogP contribution is -2.28. The Balaban J connectivity index is 1.93. The number of ether oxygens (including phenoxy) is 3. The summed E-state index contributed by atoms with van der Waals surface area (Å²) in [6, 6.07) is 3.63. The van der Waals surface area contributed by atoms with Crippen LogP contribution in [0.25, 0.3) is 11.4 Å². The van der Waals surface area contributed by atoms with E-state index in [9.17, 15) is 0 Å². The fraction of sp³-hybridized carbons (Fsp3) is 0.500. The number of hydrogen-bond acceptors (Lipinski definition) is 7. The number of nitrogens with one attached hydrogen (secondary N) is 1. The molecule has 0 unspecified atom stereocenters. The molecule has 0 radical (unpaired) electrons. The number of hydrogen-bond donors (Lipinski definition) is 1. The molecule has 1 aromatic heterocycles. The minimum Gasteiger partial charge on any atom is -0.493 e. The van der Waals surface area contributed by atoms with Crippen molar-refractivity contribution in [2.45, 2.75) is 18.8 Å². The third-order valence-corrected chi connectivity index (χ3v) is 4.01. The minimum absolute atomic E-state index is 0.270. The highest BCUT2D eigenvalue weighted by Crippen LogP contribution is 2.40. The Morgan fingerprint density at radius 1 is 1.13 bits per heavy atom. The van der Waals surface area contributed by atoms with Gasteiger partial charge in [-0.15, -0.1) is 0 Å². The molecule has 23 heavy (non-hydrogen) atoms. The average Bonchev–Trinajstić information content (AvgIpc) is 3.11. The Kier molecular flexibility index (Phi) is 4.66. The molecule has 0 spiro atoms. The van der Waals surface area contributed by atoms with Gasteiger partial charge in [0.05, 0.1) is 27.2 Å². The molecular weight excluding hydrogens is 298 g/mol. The van der Waals surface area contributed by atoms with E-state index in [1.54, 1.807) is 21.3 Å². The first-order valence-electron chi connectivity index (χ1n) is 7.61. The number of benzene rings is 1. The fourth-order valence-electron chi connectivity index (χ4n) is 2.79. The number of nitrogens with zero attached hydrogens (tertiary/aromatic N) is 2. The molecule has 7 nitrogen and oxygen atoms in total. The normalized spacial score (nSPS) is 17.8. The second kappa shape index (κ2) is 6.87. The summed E-state index contributed by atoms with van der Waals surface area (Å²) in [6.45, 7) is 1.92. The summed E-state index contributed by atoms with van der Waals surface area (Å²) in [4.78, 5) is 4.54. The molecule has 1 fully saturated rings. The van der Waals surface area contributed by atoms with Gasteiger partial charge in [0.2, 0.25) is 17.5 Å². The predicted octanol–water partition coefficient (Wildman–Crippen LogP) is 2.23. The van der Waals surface area contributed by atoms with Gasteiger partial charge in [-0.1, -0.05) is 5.16 Å². The van der Waals surface area contributed by atoms with Crippen LogP contribution in [0.5, 0.6) is 17.2 Å². The van der Waals surface area contributed by atoms with Gasteiger partial charge in [0, 0.05) is 12.1 Å². The van der Waals surface area contributed by atoms with Crippen LogP contribution in [-0.4, -0.2) is 44.6 Å². The standard InChI is InChI=1S/C16H21N3O4/c1-20-12-7-11(8-13(21-2)14(12)22-3)15-18-16(23-19-15)10-5-4-6-17-9-10/h7-8,10,17H,4-6,9H2,1-3H3/t10-/m0/s1. The lowest BCUT2D eigenvalue weighted by molar-refractivity contribution is 0.322. The zero-order valence-electron chi connectivity index (χ0n) is 13.6. The minimum atomic E-state index is 0.270. The molecule has 0 aliphatic carbocycles. The number of piperidine rings is 1. The summed E-state index contributed by atoms with van der Waals surface area (Å²) in [5, 5.41) is 7.45. The molecule has 2 aromatic rings. The van der Waals surface area contributed by atoms with E-state index in [0.29, 0.717) is 29.0 Å². The van der Waals surface area contributed by atoms with Crippen molar-refractivity contribution < 1.29 is 18.7 Å². The topological polar surface area (TPSA) is 78.6 Å². The van der Waals surface area contributed by atoms with E-state index in [1.807, 2.05) is 12.1 Å². The van der Waals surface area contributed by atoms with E-state index in [2.05, 4.69) is 15.5 Å². The predicted molar refractivity (Wildman–Crippen MR) is 84.2 cm³/mol. The van der Waals surface area contributed by atoms with Crippen molar-refractivity contribution in [2.75, 3.05) is 34.4 Å². The molecule has 124 valence electrons. The van der Waals surface area contributed by atoms with Gasteiger partial charge in [0.15, 0.2) is 11.5 Å². The second-order valence-corrected chi connectivity index (χ2v) is 5.41. The van der Waals surface area contributed by atoms with Gasteiger partial charge in [0.25, 0.3) is 0 Å². The third-order valence-electron chi connectivity index (χ3n) is 4.01. The molecule has 0 amide bonds. The van der Waals surface area contributed by atoms with Crippen molar-refractivity contribution in [2.24, 2.45) is 0 Å². The molecule has 1 N–H and O–H groups in total. The van der Waals surface area contributed by atoms with Gasteiger partial charge < -0.3 is 24.1 Å². The Morgan fingerprint density at radius 2 is 1.87 bits per heavy atom. The maximum Gasteiger partial charge on any atom is 0.231 e. The maximum atomic E-state index is 5.45. The highest BCUT2D eigenvalue weighted by atomic mass is 16.5. The molecule has 0 bridgehead atoms. The highest BCUT2D eigenvalue weighted by Gasteiger charge is 2.23. The number of aromatic nitrogens is 2. The lowest BCUT2D eigenvalue weighted by atomic mass is 10.00. The monoisotopic (exact) mass is 319 g/mol. The van der Waals surface area contributed by atoms with Crippen LogP contribution in [0, 0.1) is 0 Å². The van der Waals surface area contributed by atoms with E-state index in [1.165, 1.54) is 0 Å². The molecule has 1 aliphatic rings. The SMILES string of the molecule is COc1cc(-c2noc([C@H]3CCCNC3)n2)cc(OC)c1OC. The molecule has 1 saturated heterocycles. The first-order chi connectivity index (χ1) is 11.3. The lowest BCUT2D eigenvalue weighted by Gasteiger charge is -2.18. The Hall–Kier alpha value is -2.28. The highest BCUT2D eigenvalue weighted by molar-refractivity contribution is 5.66. The summed E-state index contributed by atoms with van der Waals surface area (Å²) in [6.07, 6.45) is 2.18. The van der Waals surface area contributed by atoms with Gasteiger partial charge in [-0.3, -0.25) is 0 Å². The van der Waals surface area contributed by atoms with Crippen LogP contribution in [0.1, 0.15) is 24.7 Å². The van der Waals surface area contributed by atoms with Crippen LogP contribution in [0.15, 0.2) is 16.7 Å². The van der Waals surface area contributed by atoms with Crippen molar-refractivity contribution in [1.82, 2.24) is 15.5 Å². The summed E-state index contributed by atoms with van der Waals surface area (Å²) >= 11 is 0. The van der Waals surface area contributed by atoms with E-state index >= 15 is 0 Å². The summed E-state index contributed by atoms with van der Waals surface area (Å²) in [7, 11) is 4.73.